The fourth-order valence-corrected chi connectivity index (χ4v) is 2.30. The minimum Gasteiger partial charge on any atom is -0.353 e. The van der Waals surface area contributed by atoms with E-state index in [2.05, 4.69) is 26.9 Å². The molecule has 2 rings (SSSR count). The number of nitriles is 2. The molecule has 98 valence electrons. The Kier molecular flexibility index (Phi) is 4.72. The van der Waals surface area contributed by atoms with Crippen LogP contribution in [0.15, 0.2) is 18.3 Å². The predicted molar refractivity (Wildman–Crippen MR) is 72.5 cm³/mol. The summed E-state index contributed by atoms with van der Waals surface area (Å²) < 4.78 is 0. The molecular weight excluding hydrogens is 238 g/mol. The Morgan fingerprint density at radius 1 is 1.21 bits per heavy atom. The van der Waals surface area contributed by atoms with Crippen molar-refractivity contribution in [3.8, 4) is 12.1 Å². The maximum Gasteiger partial charge on any atom is 0.146 e. The number of pyridine rings is 1. The smallest absolute Gasteiger partial charge is 0.146 e. The van der Waals surface area contributed by atoms with Gasteiger partial charge in [-0.25, -0.2) is 4.98 Å². The molecule has 1 aliphatic rings. The van der Waals surface area contributed by atoms with Crippen molar-refractivity contribution in [3.63, 3.8) is 0 Å². The monoisotopic (exact) mass is 255 g/mol. The summed E-state index contributed by atoms with van der Waals surface area (Å²) in [6.45, 7) is 4.69. The molecule has 1 fully saturated rings. The van der Waals surface area contributed by atoms with Gasteiger partial charge in [0.2, 0.25) is 0 Å². The summed E-state index contributed by atoms with van der Waals surface area (Å²) in [5.74, 6) is 0.793. The second-order valence-corrected chi connectivity index (χ2v) is 4.58. The summed E-state index contributed by atoms with van der Waals surface area (Å²) in [6, 6.07) is 7.97. The summed E-state index contributed by atoms with van der Waals surface area (Å²) in [4.78, 5) is 8.85. The summed E-state index contributed by atoms with van der Waals surface area (Å²) in [6.07, 6.45) is 3.29. The first-order valence-corrected chi connectivity index (χ1v) is 6.54. The van der Waals surface area contributed by atoms with Gasteiger partial charge in [0, 0.05) is 38.8 Å². The van der Waals surface area contributed by atoms with Crippen LogP contribution in [0.2, 0.25) is 0 Å². The van der Waals surface area contributed by atoms with Gasteiger partial charge in [0.1, 0.15) is 11.9 Å². The summed E-state index contributed by atoms with van der Waals surface area (Å²) in [5, 5.41) is 17.6. The Morgan fingerprint density at radius 2 is 2.00 bits per heavy atom. The van der Waals surface area contributed by atoms with Crippen LogP contribution in [0.25, 0.3) is 0 Å². The zero-order valence-electron chi connectivity index (χ0n) is 10.9. The molecule has 1 aromatic rings. The molecule has 5 heteroatoms. The molecule has 0 unspecified atom stereocenters. The summed E-state index contributed by atoms with van der Waals surface area (Å²) in [7, 11) is 0. The van der Waals surface area contributed by atoms with Gasteiger partial charge >= 0.3 is 0 Å². The van der Waals surface area contributed by atoms with Crippen LogP contribution in [0.5, 0.6) is 0 Å². The molecule has 1 aliphatic heterocycles. The molecule has 19 heavy (non-hydrogen) atoms. The van der Waals surface area contributed by atoms with E-state index in [-0.39, 0.29) is 0 Å². The Hall–Kier alpha value is -2.11. The van der Waals surface area contributed by atoms with Crippen LogP contribution < -0.4 is 4.90 Å². The van der Waals surface area contributed by atoms with E-state index in [0.29, 0.717) is 12.0 Å². The van der Waals surface area contributed by atoms with E-state index in [0.717, 1.165) is 45.0 Å². The van der Waals surface area contributed by atoms with E-state index < -0.39 is 0 Å². The van der Waals surface area contributed by atoms with Gasteiger partial charge in [-0.05, 0) is 25.1 Å². The minimum absolute atomic E-state index is 0.624. The molecular formula is C14H17N5. The molecule has 0 amide bonds. The van der Waals surface area contributed by atoms with Crippen LogP contribution in [-0.4, -0.2) is 42.6 Å². The van der Waals surface area contributed by atoms with Crippen LogP contribution >= 0.6 is 0 Å². The highest BCUT2D eigenvalue weighted by atomic mass is 15.3. The van der Waals surface area contributed by atoms with Crippen LogP contribution in [0, 0.1) is 22.7 Å². The largest absolute Gasteiger partial charge is 0.353 e. The van der Waals surface area contributed by atoms with Gasteiger partial charge in [0.05, 0.1) is 11.6 Å². The Morgan fingerprint density at radius 3 is 2.68 bits per heavy atom. The topological polar surface area (TPSA) is 67.0 Å². The van der Waals surface area contributed by atoms with E-state index in [1.54, 1.807) is 12.3 Å². The number of unbranched alkanes of at least 4 members (excludes halogenated alkanes) is 1. The van der Waals surface area contributed by atoms with E-state index >= 15 is 0 Å². The minimum atomic E-state index is 0.624. The van der Waals surface area contributed by atoms with Crippen LogP contribution in [-0.2, 0) is 0 Å². The second kappa shape index (κ2) is 6.72. The lowest BCUT2D eigenvalue weighted by molar-refractivity contribution is 0.255. The average Bonchev–Trinajstić information content (AvgIpc) is 2.48. The fraction of sp³-hybridized carbons (Fsp3) is 0.500. The molecule has 1 aromatic heterocycles. The van der Waals surface area contributed by atoms with Crippen molar-refractivity contribution in [1.29, 1.82) is 10.5 Å². The SMILES string of the molecule is N#CCCCN1CCN(c2ncccc2C#N)CC1. The summed E-state index contributed by atoms with van der Waals surface area (Å²) in [5.41, 5.74) is 0.639. The van der Waals surface area contributed by atoms with E-state index in [1.165, 1.54) is 0 Å². The molecule has 0 N–H and O–H groups in total. The lowest BCUT2D eigenvalue weighted by atomic mass is 10.2. The van der Waals surface area contributed by atoms with Crippen molar-refractivity contribution >= 4 is 5.82 Å². The van der Waals surface area contributed by atoms with E-state index in [9.17, 15) is 0 Å². The number of piperazine rings is 1. The lowest BCUT2D eigenvalue weighted by Crippen LogP contribution is -2.47. The Labute approximate surface area is 113 Å². The molecule has 0 aliphatic carbocycles. The van der Waals surface area contributed by atoms with Crippen molar-refractivity contribution < 1.29 is 0 Å². The first-order chi connectivity index (χ1) is 9.35. The van der Waals surface area contributed by atoms with Crippen molar-refractivity contribution in [2.24, 2.45) is 0 Å². The van der Waals surface area contributed by atoms with Crippen LogP contribution in [0.4, 0.5) is 5.82 Å². The van der Waals surface area contributed by atoms with Gasteiger partial charge in [-0.3, -0.25) is 4.90 Å². The molecule has 2 heterocycles. The number of aromatic nitrogens is 1. The van der Waals surface area contributed by atoms with Gasteiger partial charge in [-0.15, -0.1) is 0 Å². The Balaban J connectivity index is 1.90. The third-order valence-corrected chi connectivity index (χ3v) is 3.34. The standard InChI is InChI=1S/C14H17N5/c15-5-1-2-7-18-8-10-19(11-9-18)14-13(12-16)4-3-6-17-14/h3-4,6H,1-2,7-11H2. The third kappa shape index (κ3) is 3.43. The number of hydrogen-bond donors (Lipinski definition) is 0. The third-order valence-electron chi connectivity index (χ3n) is 3.34. The quantitative estimate of drug-likeness (QED) is 0.760. The zero-order chi connectivity index (χ0) is 13.5. The highest BCUT2D eigenvalue weighted by molar-refractivity contribution is 5.53. The molecule has 5 nitrogen and oxygen atoms in total. The highest BCUT2D eigenvalue weighted by Gasteiger charge is 2.19. The Bertz CT molecular complexity index is 491. The van der Waals surface area contributed by atoms with Crippen molar-refractivity contribution in [2.45, 2.75) is 12.8 Å². The molecule has 0 atom stereocenters. The van der Waals surface area contributed by atoms with Crippen molar-refractivity contribution in [2.75, 3.05) is 37.6 Å². The number of hydrogen-bond acceptors (Lipinski definition) is 5. The normalized spacial score (nSPS) is 15.8. The van der Waals surface area contributed by atoms with Crippen LogP contribution in [0.3, 0.4) is 0 Å². The predicted octanol–water partition coefficient (Wildman–Crippen LogP) is 1.38. The van der Waals surface area contributed by atoms with Crippen molar-refractivity contribution in [1.82, 2.24) is 9.88 Å². The first-order valence-electron chi connectivity index (χ1n) is 6.54. The molecule has 0 spiro atoms. The van der Waals surface area contributed by atoms with Gasteiger partial charge in [0.15, 0.2) is 0 Å². The summed E-state index contributed by atoms with van der Waals surface area (Å²) >= 11 is 0. The maximum atomic E-state index is 9.09. The average molecular weight is 255 g/mol. The molecule has 0 aromatic carbocycles. The maximum absolute atomic E-state index is 9.09. The van der Waals surface area contributed by atoms with Gasteiger partial charge in [0.25, 0.3) is 0 Å². The zero-order valence-corrected chi connectivity index (χ0v) is 10.9. The molecule has 0 saturated carbocycles. The number of nitrogens with zero attached hydrogens (tertiary/aromatic N) is 5. The number of anilines is 1. The second-order valence-electron chi connectivity index (χ2n) is 4.58. The van der Waals surface area contributed by atoms with Gasteiger partial charge < -0.3 is 4.90 Å². The first kappa shape index (κ1) is 13.3. The fourth-order valence-electron chi connectivity index (χ4n) is 2.30. The lowest BCUT2D eigenvalue weighted by Gasteiger charge is -2.35. The van der Waals surface area contributed by atoms with Crippen molar-refractivity contribution in [3.05, 3.63) is 23.9 Å². The highest BCUT2D eigenvalue weighted by Crippen LogP contribution is 2.18. The molecule has 0 radical (unpaired) electrons. The van der Waals surface area contributed by atoms with E-state index in [4.69, 9.17) is 10.5 Å². The number of rotatable bonds is 4. The van der Waals surface area contributed by atoms with Gasteiger partial charge in [-0.2, -0.15) is 10.5 Å². The van der Waals surface area contributed by atoms with Gasteiger partial charge in [-0.1, -0.05) is 0 Å². The van der Waals surface area contributed by atoms with E-state index in [1.807, 2.05) is 6.07 Å². The molecule has 1 saturated heterocycles. The molecule has 0 bridgehead atoms. The van der Waals surface area contributed by atoms with Crippen LogP contribution in [0.1, 0.15) is 18.4 Å².